The van der Waals surface area contributed by atoms with Gasteiger partial charge in [0.05, 0.1) is 5.69 Å². The molecular weight excluding hydrogens is 228 g/mol. The Hall–Kier alpha value is -1.61. The number of fused-ring (bicyclic) bond motifs is 1. The smallest absolute Gasteiger partial charge is 0.180 e. The van der Waals surface area contributed by atoms with Gasteiger partial charge >= 0.3 is 0 Å². The average molecular weight is 242 g/mol. The highest BCUT2D eigenvalue weighted by Crippen LogP contribution is 2.27. The number of aromatic nitrogens is 1. The lowest BCUT2D eigenvalue weighted by atomic mass is 10.0. The van der Waals surface area contributed by atoms with Crippen LogP contribution in [0.5, 0.6) is 0 Å². The molecule has 0 bridgehead atoms. The lowest BCUT2D eigenvalue weighted by Crippen LogP contribution is -2.26. The molecule has 2 nitrogen and oxygen atoms in total. The summed E-state index contributed by atoms with van der Waals surface area (Å²) in [6.45, 7) is 2.07. The summed E-state index contributed by atoms with van der Waals surface area (Å²) in [6.07, 6.45) is 6.87. The van der Waals surface area contributed by atoms with Gasteiger partial charge in [0, 0.05) is 10.4 Å². The SMILES string of the molecule is Cc1sc(N)nc1-c1ccc2c(c1)=CCCC=2. The number of hydrogen-bond acceptors (Lipinski definition) is 3. The molecule has 0 spiro atoms. The molecule has 1 aliphatic rings. The van der Waals surface area contributed by atoms with Crippen LogP contribution >= 0.6 is 11.3 Å². The van der Waals surface area contributed by atoms with E-state index in [2.05, 4.69) is 42.3 Å². The van der Waals surface area contributed by atoms with Crippen molar-refractivity contribution in [2.75, 3.05) is 5.73 Å². The monoisotopic (exact) mass is 242 g/mol. The fraction of sp³-hybridized carbons (Fsp3) is 0.214. The zero-order valence-electron chi connectivity index (χ0n) is 9.73. The first kappa shape index (κ1) is 10.5. The Kier molecular flexibility index (Phi) is 2.48. The van der Waals surface area contributed by atoms with Crippen LogP contribution in [0.25, 0.3) is 23.4 Å². The van der Waals surface area contributed by atoms with Crippen molar-refractivity contribution in [2.45, 2.75) is 19.8 Å². The minimum absolute atomic E-state index is 0.644. The van der Waals surface area contributed by atoms with E-state index in [1.54, 1.807) is 11.3 Å². The van der Waals surface area contributed by atoms with Crippen molar-refractivity contribution in [1.82, 2.24) is 4.98 Å². The molecule has 0 amide bonds. The fourth-order valence-corrected chi connectivity index (χ4v) is 2.96. The molecule has 1 aliphatic carbocycles. The molecule has 0 radical (unpaired) electrons. The first-order valence-electron chi connectivity index (χ1n) is 5.78. The molecule has 0 fully saturated rings. The zero-order chi connectivity index (χ0) is 11.8. The van der Waals surface area contributed by atoms with E-state index in [4.69, 9.17) is 5.73 Å². The summed E-state index contributed by atoms with van der Waals surface area (Å²) in [5, 5.41) is 3.30. The van der Waals surface area contributed by atoms with Gasteiger partial charge in [0.15, 0.2) is 5.13 Å². The van der Waals surface area contributed by atoms with E-state index < -0.39 is 0 Å². The van der Waals surface area contributed by atoms with Crippen LogP contribution in [0.4, 0.5) is 5.13 Å². The van der Waals surface area contributed by atoms with Gasteiger partial charge in [-0.15, -0.1) is 11.3 Å². The van der Waals surface area contributed by atoms with Crippen molar-refractivity contribution in [3.63, 3.8) is 0 Å². The Morgan fingerprint density at radius 1 is 1.18 bits per heavy atom. The summed E-state index contributed by atoms with van der Waals surface area (Å²) in [4.78, 5) is 5.58. The molecule has 0 unspecified atom stereocenters. The van der Waals surface area contributed by atoms with Crippen LogP contribution in [0.2, 0.25) is 0 Å². The highest BCUT2D eigenvalue weighted by Gasteiger charge is 2.08. The molecule has 3 rings (SSSR count). The Balaban J connectivity index is 2.20. The third kappa shape index (κ3) is 1.87. The molecule has 0 saturated carbocycles. The van der Waals surface area contributed by atoms with Gasteiger partial charge in [-0.3, -0.25) is 0 Å². The third-order valence-corrected chi connectivity index (χ3v) is 3.87. The van der Waals surface area contributed by atoms with Crippen LogP contribution < -0.4 is 16.2 Å². The van der Waals surface area contributed by atoms with Gasteiger partial charge in [-0.05, 0) is 36.3 Å². The second-order valence-electron chi connectivity index (χ2n) is 4.29. The maximum Gasteiger partial charge on any atom is 0.180 e. The van der Waals surface area contributed by atoms with Gasteiger partial charge in [-0.2, -0.15) is 0 Å². The standard InChI is InChI=1S/C14H14N2S/c1-9-13(16-14(15)17-9)12-7-6-10-4-2-3-5-11(10)8-12/h4-8H,2-3H2,1H3,(H2,15,16). The number of anilines is 1. The summed E-state index contributed by atoms with van der Waals surface area (Å²) < 4.78 is 0. The summed E-state index contributed by atoms with van der Waals surface area (Å²) in [5.74, 6) is 0. The quantitative estimate of drug-likeness (QED) is 0.831. The Labute approximate surface area is 104 Å². The third-order valence-electron chi connectivity index (χ3n) is 3.07. The topological polar surface area (TPSA) is 38.9 Å². The van der Waals surface area contributed by atoms with Gasteiger partial charge in [0.1, 0.15) is 0 Å². The lowest BCUT2D eigenvalue weighted by molar-refractivity contribution is 1.12. The maximum atomic E-state index is 5.75. The number of nitrogens with two attached hydrogens (primary N) is 1. The molecule has 3 heteroatoms. The Morgan fingerprint density at radius 3 is 2.65 bits per heavy atom. The highest BCUT2D eigenvalue weighted by atomic mass is 32.1. The minimum atomic E-state index is 0.644. The fourth-order valence-electron chi connectivity index (χ4n) is 2.25. The average Bonchev–Trinajstić information content (AvgIpc) is 2.68. The molecule has 1 aromatic heterocycles. The van der Waals surface area contributed by atoms with E-state index in [1.165, 1.54) is 20.9 Å². The molecule has 17 heavy (non-hydrogen) atoms. The van der Waals surface area contributed by atoms with Gasteiger partial charge in [0.2, 0.25) is 0 Å². The number of nitrogens with zero attached hydrogens (tertiary/aromatic N) is 1. The first-order valence-corrected chi connectivity index (χ1v) is 6.59. The molecule has 0 saturated heterocycles. The molecule has 1 aromatic carbocycles. The highest BCUT2D eigenvalue weighted by molar-refractivity contribution is 7.15. The van der Waals surface area contributed by atoms with Crippen LogP contribution in [0, 0.1) is 6.92 Å². The minimum Gasteiger partial charge on any atom is -0.375 e. The maximum absolute atomic E-state index is 5.75. The molecule has 1 heterocycles. The summed E-state index contributed by atoms with van der Waals surface area (Å²) in [7, 11) is 0. The van der Waals surface area contributed by atoms with E-state index in [0.29, 0.717) is 5.13 Å². The number of rotatable bonds is 1. The second-order valence-corrected chi connectivity index (χ2v) is 5.52. The van der Waals surface area contributed by atoms with Crippen molar-refractivity contribution in [1.29, 1.82) is 0 Å². The molecule has 86 valence electrons. The number of nitrogen functional groups attached to an aromatic ring is 1. The molecule has 2 aromatic rings. The lowest BCUT2D eigenvalue weighted by Gasteiger charge is -2.03. The van der Waals surface area contributed by atoms with E-state index in [0.717, 1.165) is 18.5 Å². The Bertz CT molecular complexity index is 683. The number of aryl methyl sites for hydroxylation is 1. The molecular formula is C14H14N2S. The van der Waals surface area contributed by atoms with Crippen LogP contribution in [-0.4, -0.2) is 4.98 Å². The van der Waals surface area contributed by atoms with Crippen molar-refractivity contribution < 1.29 is 0 Å². The van der Waals surface area contributed by atoms with Gasteiger partial charge in [0.25, 0.3) is 0 Å². The van der Waals surface area contributed by atoms with Gasteiger partial charge in [-0.25, -0.2) is 4.98 Å². The van der Waals surface area contributed by atoms with E-state index >= 15 is 0 Å². The van der Waals surface area contributed by atoms with E-state index in [-0.39, 0.29) is 0 Å². The molecule has 0 aliphatic heterocycles. The molecule has 0 atom stereocenters. The Morgan fingerprint density at radius 2 is 1.94 bits per heavy atom. The van der Waals surface area contributed by atoms with Crippen molar-refractivity contribution in [3.05, 3.63) is 33.5 Å². The summed E-state index contributed by atoms with van der Waals surface area (Å²) in [5.41, 5.74) is 7.94. The van der Waals surface area contributed by atoms with Crippen LogP contribution in [0.3, 0.4) is 0 Å². The van der Waals surface area contributed by atoms with Crippen LogP contribution in [-0.2, 0) is 0 Å². The summed E-state index contributed by atoms with van der Waals surface area (Å²) in [6, 6.07) is 6.53. The van der Waals surface area contributed by atoms with Gasteiger partial charge < -0.3 is 5.73 Å². The zero-order valence-corrected chi connectivity index (χ0v) is 10.6. The van der Waals surface area contributed by atoms with Crippen molar-refractivity contribution >= 4 is 28.6 Å². The number of hydrogen-bond donors (Lipinski definition) is 1. The number of thiazole rings is 1. The van der Waals surface area contributed by atoms with Crippen LogP contribution in [0.15, 0.2) is 18.2 Å². The predicted octanol–water partition coefficient (Wildman–Crippen LogP) is 2.06. The largest absolute Gasteiger partial charge is 0.375 e. The molecule has 2 N–H and O–H groups in total. The predicted molar refractivity (Wildman–Crippen MR) is 74.1 cm³/mol. The summed E-state index contributed by atoms with van der Waals surface area (Å²) >= 11 is 1.55. The normalized spacial score (nSPS) is 13.7. The van der Waals surface area contributed by atoms with Crippen molar-refractivity contribution in [2.24, 2.45) is 0 Å². The van der Waals surface area contributed by atoms with Crippen molar-refractivity contribution in [3.8, 4) is 11.3 Å². The van der Waals surface area contributed by atoms with Gasteiger partial charge in [-0.1, -0.05) is 24.3 Å². The first-order chi connectivity index (χ1) is 8.24. The second kappa shape index (κ2) is 4.00. The van der Waals surface area contributed by atoms with Crippen LogP contribution in [0.1, 0.15) is 17.7 Å². The number of benzene rings is 1. The van der Waals surface area contributed by atoms with E-state index in [9.17, 15) is 0 Å². The van der Waals surface area contributed by atoms with E-state index in [1.807, 2.05) is 0 Å².